The van der Waals surface area contributed by atoms with E-state index in [1.54, 1.807) is 24.3 Å². The predicted molar refractivity (Wildman–Crippen MR) is 125 cm³/mol. The topological polar surface area (TPSA) is 89.3 Å². The van der Waals surface area contributed by atoms with Gasteiger partial charge in [0.05, 0.1) is 42.3 Å². The second-order valence-electron chi connectivity index (χ2n) is 9.39. The fourth-order valence-corrected chi connectivity index (χ4v) is 5.67. The molecule has 3 aliphatic rings. The Kier molecular flexibility index (Phi) is 5.95. The lowest BCUT2D eigenvalue weighted by molar-refractivity contribution is -0.137. The molecule has 0 aromatic heterocycles. The molecule has 4 atom stereocenters. The van der Waals surface area contributed by atoms with Crippen molar-refractivity contribution in [1.82, 2.24) is 0 Å². The minimum absolute atomic E-state index is 0.189. The highest BCUT2D eigenvalue weighted by atomic mass is 19.4. The molecule has 2 bridgehead atoms. The third kappa shape index (κ3) is 4.21. The van der Waals surface area contributed by atoms with Crippen LogP contribution in [0.1, 0.15) is 31.7 Å². The number of fused-ring (bicyclic) bond motifs is 5. The molecule has 3 amide bonds. The summed E-state index contributed by atoms with van der Waals surface area (Å²) in [7, 11) is 0. The molecule has 3 saturated heterocycles. The Morgan fingerprint density at radius 2 is 1.95 bits per heavy atom. The average Bonchev–Trinajstić information content (AvgIpc) is 3.49. The van der Waals surface area contributed by atoms with E-state index in [0.717, 1.165) is 11.0 Å². The van der Waals surface area contributed by atoms with Crippen LogP contribution in [0.2, 0.25) is 0 Å². The number of hydrogen-bond acceptors (Lipinski definition) is 5. The molecule has 3 heterocycles. The first-order valence-corrected chi connectivity index (χ1v) is 11.7. The van der Waals surface area contributed by atoms with Gasteiger partial charge in [-0.25, -0.2) is 9.74 Å². The summed E-state index contributed by atoms with van der Waals surface area (Å²) in [5, 5.41) is 2.66. The second kappa shape index (κ2) is 8.88. The summed E-state index contributed by atoms with van der Waals surface area (Å²) in [6.45, 7) is 8.60. The number of ether oxygens (including phenoxy) is 2. The van der Waals surface area contributed by atoms with E-state index in [4.69, 9.17) is 16.0 Å². The summed E-state index contributed by atoms with van der Waals surface area (Å²) < 4.78 is 52.5. The Balaban J connectivity index is 1.34. The van der Waals surface area contributed by atoms with E-state index in [2.05, 4.69) is 10.2 Å². The van der Waals surface area contributed by atoms with Crippen molar-refractivity contribution in [2.75, 3.05) is 16.8 Å². The Hall–Kier alpha value is -3.91. The zero-order chi connectivity index (χ0) is 26.5. The molecule has 2 unspecified atom stereocenters. The smallest absolute Gasteiger partial charge is 0.407 e. The molecule has 0 saturated carbocycles. The van der Waals surface area contributed by atoms with Crippen molar-refractivity contribution in [1.29, 1.82) is 0 Å². The lowest BCUT2D eigenvalue weighted by atomic mass is 9.71. The minimum Gasteiger partial charge on any atom is -0.493 e. The molecule has 1 N–H and O–H groups in total. The molecule has 3 fully saturated rings. The van der Waals surface area contributed by atoms with Gasteiger partial charge in [0, 0.05) is 24.7 Å². The van der Waals surface area contributed by atoms with Crippen LogP contribution in [0.15, 0.2) is 42.5 Å². The Morgan fingerprint density at radius 1 is 1.22 bits per heavy atom. The van der Waals surface area contributed by atoms with E-state index in [0.29, 0.717) is 36.8 Å². The molecular weight excluding hydrogens is 491 g/mol. The van der Waals surface area contributed by atoms with E-state index >= 15 is 0 Å². The van der Waals surface area contributed by atoms with Gasteiger partial charge >= 0.3 is 6.18 Å². The van der Waals surface area contributed by atoms with Crippen molar-refractivity contribution in [2.45, 2.75) is 44.1 Å². The van der Waals surface area contributed by atoms with Crippen molar-refractivity contribution in [3.05, 3.63) is 59.4 Å². The number of nitrogens with zero attached hydrogens (tertiary/aromatic N) is 2. The largest absolute Gasteiger partial charge is 0.493 e. The maximum absolute atomic E-state index is 13.5. The SMILES string of the molecule is [C-]#[N+]c1ccc(N2C(=O)[C@@H]3C4CCC(CCOc5ccc(NC(C)=O)cc5)(O4)[C@@H]3C2=O)cc1C(F)(F)F. The van der Waals surface area contributed by atoms with Gasteiger partial charge < -0.3 is 14.8 Å². The minimum atomic E-state index is -4.81. The van der Waals surface area contributed by atoms with E-state index < -0.39 is 52.8 Å². The van der Waals surface area contributed by atoms with Gasteiger partial charge in [-0.05, 0) is 49.2 Å². The molecule has 11 heteroatoms. The fourth-order valence-electron chi connectivity index (χ4n) is 5.67. The van der Waals surface area contributed by atoms with Crippen LogP contribution < -0.4 is 15.0 Å². The lowest BCUT2D eigenvalue weighted by Gasteiger charge is -2.31. The summed E-state index contributed by atoms with van der Waals surface area (Å²) in [5.41, 5.74) is -2.32. The number of halogens is 3. The zero-order valence-corrected chi connectivity index (χ0v) is 19.7. The van der Waals surface area contributed by atoms with Crippen LogP contribution in [0.4, 0.5) is 30.2 Å². The van der Waals surface area contributed by atoms with Gasteiger partial charge in [-0.3, -0.25) is 14.4 Å². The van der Waals surface area contributed by atoms with Crippen molar-refractivity contribution < 1.29 is 37.0 Å². The highest BCUT2D eigenvalue weighted by molar-refractivity contribution is 6.23. The number of hydrogen-bond donors (Lipinski definition) is 1. The van der Waals surface area contributed by atoms with Gasteiger partial charge in [-0.1, -0.05) is 6.07 Å². The standard InChI is InChI=1S/C26H22F3N3O5/c1-14(33)31-15-3-6-17(7-4-15)36-12-11-25-10-9-20(37-25)21-22(25)24(35)32(23(21)34)16-5-8-19(30-2)18(13-16)26(27,28)29/h3-8,13,20-22H,9-12H2,1H3,(H,31,33)/t20?,21-,22+,25?/m1/s1. The normalized spacial score (nSPS) is 26.2. The maximum Gasteiger partial charge on any atom is 0.407 e. The number of amides is 3. The molecule has 0 radical (unpaired) electrons. The summed E-state index contributed by atoms with van der Waals surface area (Å²) in [6, 6.07) is 9.62. The number of anilines is 2. The summed E-state index contributed by atoms with van der Waals surface area (Å²) in [4.78, 5) is 41.6. The summed E-state index contributed by atoms with van der Waals surface area (Å²) in [6.07, 6.45) is -3.90. The fraction of sp³-hybridized carbons (Fsp3) is 0.385. The number of rotatable bonds is 6. The number of nitrogens with one attached hydrogen (secondary N) is 1. The van der Waals surface area contributed by atoms with Crippen LogP contribution in [0.5, 0.6) is 5.75 Å². The number of benzene rings is 2. The van der Waals surface area contributed by atoms with Gasteiger partial charge in [0.1, 0.15) is 5.75 Å². The Morgan fingerprint density at radius 3 is 2.59 bits per heavy atom. The molecule has 0 spiro atoms. The van der Waals surface area contributed by atoms with Crippen LogP contribution in [0.25, 0.3) is 4.85 Å². The van der Waals surface area contributed by atoms with E-state index in [-0.39, 0.29) is 18.2 Å². The van der Waals surface area contributed by atoms with Crippen molar-refractivity contribution in [3.63, 3.8) is 0 Å². The van der Waals surface area contributed by atoms with E-state index in [1.807, 2.05) is 0 Å². The quantitative estimate of drug-likeness (QED) is 0.446. The number of alkyl halides is 3. The molecule has 2 aromatic rings. The average molecular weight is 513 g/mol. The first-order valence-electron chi connectivity index (χ1n) is 11.7. The Bertz CT molecular complexity index is 1320. The van der Waals surface area contributed by atoms with Crippen LogP contribution in [0, 0.1) is 18.4 Å². The van der Waals surface area contributed by atoms with Gasteiger partial charge in [-0.15, -0.1) is 0 Å². The highest BCUT2D eigenvalue weighted by Gasteiger charge is 2.69. The van der Waals surface area contributed by atoms with Crippen LogP contribution in [0.3, 0.4) is 0 Å². The first-order chi connectivity index (χ1) is 17.5. The number of carbonyl (C=O) groups is 3. The zero-order valence-electron chi connectivity index (χ0n) is 19.7. The molecule has 192 valence electrons. The third-order valence-electron chi connectivity index (χ3n) is 7.19. The van der Waals surface area contributed by atoms with Gasteiger partial charge in [0.2, 0.25) is 17.7 Å². The van der Waals surface area contributed by atoms with Crippen molar-refractivity contribution >= 4 is 34.8 Å². The number of imide groups is 1. The maximum atomic E-state index is 13.5. The lowest BCUT2D eigenvalue weighted by Crippen LogP contribution is -2.43. The third-order valence-corrected chi connectivity index (χ3v) is 7.19. The molecule has 2 aromatic carbocycles. The predicted octanol–water partition coefficient (Wildman–Crippen LogP) is 4.72. The highest BCUT2D eigenvalue weighted by Crippen LogP contribution is 2.57. The number of carbonyl (C=O) groups excluding carboxylic acids is 3. The van der Waals surface area contributed by atoms with Gasteiger partial charge in [-0.2, -0.15) is 13.2 Å². The van der Waals surface area contributed by atoms with Gasteiger partial charge in [0.25, 0.3) is 0 Å². The Labute approximate surface area is 210 Å². The monoisotopic (exact) mass is 513 g/mol. The molecule has 5 rings (SSSR count). The second-order valence-corrected chi connectivity index (χ2v) is 9.39. The van der Waals surface area contributed by atoms with Crippen LogP contribution in [-0.4, -0.2) is 36.0 Å². The van der Waals surface area contributed by atoms with E-state index in [9.17, 15) is 27.6 Å². The van der Waals surface area contributed by atoms with Crippen LogP contribution in [-0.2, 0) is 25.3 Å². The van der Waals surface area contributed by atoms with Crippen LogP contribution >= 0.6 is 0 Å². The van der Waals surface area contributed by atoms with Crippen molar-refractivity contribution in [3.8, 4) is 5.75 Å². The molecule has 37 heavy (non-hydrogen) atoms. The van der Waals surface area contributed by atoms with Gasteiger partial charge in [0.15, 0.2) is 5.69 Å². The molecular formula is C26H22F3N3O5. The molecule has 3 aliphatic heterocycles. The molecule has 8 nitrogen and oxygen atoms in total. The summed E-state index contributed by atoms with van der Waals surface area (Å²) in [5.74, 6) is -2.42. The summed E-state index contributed by atoms with van der Waals surface area (Å²) >= 11 is 0. The van der Waals surface area contributed by atoms with E-state index in [1.165, 1.54) is 13.0 Å². The molecule has 0 aliphatic carbocycles. The first kappa shape index (κ1) is 24.8. The van der Waals surface area contributed by atoms with Crippen molar-refractivity contribution in [2.24, 2.45) is 11.8 Å².